The Morgan fingerprint density at radius 2 is 2.19 bits per heavy atom. The molecule has 1 N–H and O–H groups in total. The molecule has 4 nitrogen and oxygen atoms in total. The van der Waals surface area contributed by atoms with Crippen molar-refractivity contribution in [1.29, 1.82) is 0 Å². The van der Waals surface area contributed by atoms with Gasteiger partial charge in [0.15, 0.2) is 0 Å². The second kappa shape index (κ2) is 7.78. The number of hydrogen-bond acceptors (Lipinski definition) is 4. The van der Waals surface area contributed by atoms with Gasteiger partial charge in [-0.3, -0.25) is 4.90 Å². The van der Waals surface area contributed by atoms with Gasteiger partial charge in [-0.1, -0.05) is 25.1 Å². The maximum absolute atomic E-state index is 5.79. The average Bonchev–Trinajstić information content (AvgIpc) is 2.52. The molecule has 4 heteroatoms. The van der Waals surface area contributed by atoms with E-state index in [1.807, 2.05) is 19.2 Å². The van der Waals surface area contributed by atoms with E-state index in [9.17, 15) is 0 Å². The number of morpholine rings is 1. The van der Waals surface area contributed by atoms with Crippen LogP contribution in [0.4, 0.5) is 0 Å². The van der Waals surface area contributed by atoms with E-state index in [1.54, 1.807) is 7.11 Å². The van der Waals surface area contributed by atoms with Crippen LogP contribution in [-0.2, 0) is 4.74 Å². The van der Waals surface area contributed by atoms with Crippen LogP contribution in [0.25, 0.3) is 0 Å². The van der Waals surface area contributed by atoms with Crippen LogP contribution in [0.15, 0.2) is 24.3 Å². The predicted molar refractivity (Wildman–Crippen MR) is 85.9 cm³/mol. The smallest absolute Gasteiger partial charge is 0.123 e. The second-order valence-corrected chi connectivity index (χ2v) is 5.74. The van der Waals surface area contributed by atoms with Crippen LogP contribution in [0.1, 0.15) is 31.9 Å². The summed E-state index contributed by atoms with van der Waals surface area (Å²) in [5, 5.41) is 3.44. The van der Waals surface area contributed by atoms with Crippen molar-refractivity contribution in [2.24, 2.45) is 0 Å². The molecule has 0 radical (unpaired) electrons. The van der Waals surface area contributed by atoms with Gasteiger partial charge < -0.3 is 14.8 Å². The maximum Gasteiger partial charge on any atom is 0.123 e. The minimum absolute atomic E-state index is 0.264. The number of benzene rings is 1. The van der Waals surface area contributed by atoms with Gasteiger partial charge >= 0.3 is 0 Å². The molecule has 0 bridgehead atoms. The van der Waals surface area contributed by atoms with Gasteiger partial charge in [0.05, 0.1) is 19.8 Å². The van der Waals surface area contributed by atoms with Crippen molar-refractivity contribution in [2.45, 2.75) is 38.5 Å². The van der Waals surface area contributed by atoms with Gasteiger partial charge in [-0.05, 0) is 26.5 Å². The zero-order valence-electron chi connectivity index (χ0n) is 13.6. The largest absolute Gasteiger partial charge is 0.496 e. The first-order chi connectivity index (χ1) is 10.2. The quantitative estimate of drug-likeness (QED) is 0.873. The zero-order chi connectivity index (χ0) is 15.2. The second-order valence-electron chi connectivity index (χ2n) is 5.74. The molecular formula is C17H28N2O2. The first-order valence-electron chi connectivity index (χ1n) is 7.85. The Morgan fingerprint density at radius 3 is 2.86 bits per heavy atom. The Hall–Kier alpha value is -1.10. The minimum Gasteiger partial charge on any atom is -0.496 e. The van der Waals surface area contributed by atoms with Gasteiger partial charge in [0, 0.05) is 30.7 Å². The van der Waals surface area contributed by atoms with Crippen molar-refractivity contribution >= 4 is 0 Å². The van der Waals surface area contributed by atoms with Gasteiger partial charge in [-0.15, -0.1) is 0 Å². The van der Waals surface area contributed by atoms with E-state index in [0.717, 1.165) is 31.9 Å². The van der Waals surface area contributed by atoms with E-state index < -0.39 is 0 Å². The molecule has 1 aliphatic rings. The van der Waals surface area contributed by atoms with E-state index in [2.05, 4.69) is 36.2 Å². The van der Waals surface area contributed by atoms with E-state index in [4.69, 9.17) is 9.47 Å². The Bertz CT molecular complexity index is 439. The summed E-state index contributed by atoms with van der Waals surface area (Å²) in [6.45, 7) is 7.18. The summed E-state index contributed by atoms with van der Waals surface area (Å²) in [7, 11) is 3.75. The molecule has 0 amide bonds. The van der Waals surface area contributed by atoms with Crippen LogP contribution in [-0.4, -0.2) is 50.9 Å². The summed E-state index contributed by atoms with van der Waals surface area (Å²) in [6.07, 6.45) is 1.43. The average molecular weight is 292 g/mol. The summed E-state index contributed by atoms with van der Waals surface area (Å²) < 4.78 is 11.3. The fourth-order valence-electron chi connectivity index (χ4n) is 3.05. The fraction of sp³-hybridized carbons (Fsp3) is 0.647. The number of rotatable bonds is 6. The van der Waals surface area contributed by atoms with Crippen molar-refractivity contribution in [3.8, 4) is 5.75 Å². The van der Waals surface area contributed by atoms with Gasteiger partial charge in [0.2, 0.25) is 0 Å². The van der Waals surface area contributed by atoms with Crippen molar-refractivity contribution in [3.05, 3.63) is 29.8 Å². The van der Waals surface area contributed by atoms with Crippen LogP contribution >= 0.6 is 0 Å². The molecule has 21 heavy (non-hydrogen) atoms. The highest BCUT2D eigenvalue weighted by Crippen LogP contribution is 2.27. The fourth-order valence-corrected chi connectivity index (χ4v) is 3.05. The van der Waals surface area contributed by atoms with Crippen LogP contribution in [0.2, 0.25) is 0 Å². The topological polar surface area (TPSA) is 33.7 Å². The number of methoxy groups -OCH3 is 1. The third kappa shape index (κ3) is 3.96. The highest BCUT2D eigenvalue weighted by molar-refractivity contribution is 5.36. The molecule has 118 valence electrons. The molecule has 0 aromatic heterocycles. The molecule has 1 aliphatic heterocycles. The molecule has 0 saturated carbocycles. The maximum atomic E-state index is 5.79. The van der Waals surface area contributed by atoms with E-state index >= 15 is 0 Å². The first-order valence-corrected chi connectivity index (χ1v) is 7.85. The summed E-state index contributed by atoms with van der Waals surface area (Å²) in [6, 6.07) is 9.03. The van der Waals surface area contributed by atoms with Gasteiger partial charge in [0.25, 0.3) is 0 Å². The Labute approximate surface area is 128 Å². The third-order valence-electron chi connectivity index (χ3n) is 4.33. The lowest BCUT2D eigenvalue weighted by atomic mass is 10.0. The molecule has 1 fully saturated rings. The van der Waals surface area contributed by atoms with E-state index in [-0.39, 0.29) is 6.04 Å². The van der Waals surface area contributed by atoms with Gasteiger partial charge in [-0.2, -0.15) is 0 Å². The first kappa shape index (κ1) is 16.3. The molecule has 1 aromatic carbocycles. The Kier molecular flexibility index (Phi) is 6.03. The Balaban J connectivity index is 2.13. The molecule has 0 spiro atoms. The Morgan fingerprint density at radius 1 is 1.43 bits per heavy atom. The van der Waals surface area contributed by atoms with Crippen molar-refractivity contribution < 1.29 is 9.47 Å². The highest BCUT2D eigenvalue weighted by atomic mass is 16.5. The number of hydrogen-bond donors (Lipinski definition) is 1. The molecule has 1 aromatic rings. The number of nitrogens with one attached hydrogen (secondary N) is 1. The summed E-state index contributed by atoms with van der Waals surface area (Å²) in [5.41, 5.74) is 1.22. The molecular weight excluding hydrogens is 264 g/mol. The molecule has 2 rings (SSSR count). The third-order valence-corrected chi connectivity index (χ3v) is 4.33. The SMILES string of the molecule is CCC1COC(C)CN1CC(NC)c1ccccc1OC. The number of para-hydroxylation sites is 1. The van der Waals surface area contributed by atoms with E-state index in [0.29, 0.717) is 12.1 Å². The van der Waals surface area contributed by atoms with Crippen molar-refractivity contribution in [3.63, 3.8) is 0 Å². The summed E-state index contributed by atoms with van der Waals surface area (Å²) in [5.74, 6) is 0.950. The number of nitrogens with zero attached hydrogens (tertiary/aromatic N) is 1. The standard InChI is InChI=1S/C17H28N2O2/c1-5-14-12-21-13(2)10-19(14)11-16(18-3)15-8-6-7-9-17(15)20-4/h6-9,13-14,16,18H,5,10-12H2,1-4H3. The number of ether oxygens (including phenoxy) is 2. The van der Waals surface area contributed by atoms with Crippen LogP contribution < -0.4 is 10.1 Å². The summed E-state index contributed by atoms with van der Waals surface area (Å²) >= 11 is 0. The van der Waals surface area contributed by atoms with Crippen LogP contribution in [0, 0.1) is 0 Å². The molecule has 1 heterocycles. The molecule has 3 unspecified atom stereocenters. The molecule has 0 aliphatic carbocycles. The lowest BCUT2D eigenvalue weighted by Gasteiger charge is -2.40. The lowest BCUT2D eigenvalue weighted by Crippen LogP contribution is -2.50. The monoisotopic (exact) mass is 292 g/mol. The van der Waals surface area contributed by atoms with E-state index in [1.165, 1.54) is 5.56 Å². The highest BCUT2D eigenvalue weighted by Gasteiger charge is 2.28. The number of likely N-dealkylation sites (N-methyl/N-ethyl adjacent to an activating group) is 1. The van der Waals surface area contributed by atoms with Crippen LogP contribution in [0.3, 0.4) is 0 Å². The van der Waals surface area contributed by atoms with Crippen molar-refractivity contribution in [1.82, 2.24) is 10.2 Å². The molecule has 1 saturated heterocycles. The van der Waals surface area contributed by atoms with Crippen LogP contribution in [0.5, 0.6) is 5.75 Å². The zero-order valence-corrected chi connectivity index (χ0v) is 13.6. The van der Waals surface area contributed by atoms with Gasteiger partial charge in [0.1, 0.15) is 5.75 Å². The molecule has 3 atom stereocenters. The normalized spacial score (nSPS) is 24.8. The summed E-state index contributed by atoms with van der Waals surface area (Å²) in [4.78, 5) is 2.54. The van der Waals surface area contributed by atoms with Crippen molar-refractivity contribution in [2.75, 3.05) is 33.9 Å². The lowest BCUT2D eigenvalue weighted by molar-refractivity contribution is -0.0584. The van der Waals surface area contributed by atoms with Gasteiger partial charge in [-0.25, -0.2) is 0 Å². The predicted octanol–water partition coefficient (Wildman–Crippen LogP) is 2.46. The minimum atomic E-state index is 0.264.